The van der Waals surface area contributed by atoms with Gasteiger partial charge in [0.15, 0.2) is 5.79 Å². The SMILES string of the molecule is CCc1ccc(CCC(=O)N2CCC(OC)(OC)CC2)cc1. The van der Waals surface area contributed by atoms with Crippen LogP contribution < -0.4 is 0 Å². The second kappa shape index (κ2) is 7.75. The maximum absolute atomic E-state index is 12.3. The van der Waals surface area contributed by atoms with Crippen molar-refractivity contribution in [1.82, 2.24) is 4.90 Å². The van der Waals surface area contributed by atoms with Crippen LogP contribution in [0.4, 0.5) is 0 Å². The van der Waals surface area contributed by atoms with Crippen molar-refractivity contribution >= 4 is 5.91 Å². The van der Waals surface area contributed by atoms with Gasteiger partial charge in [0.2, 0.25) is 5.91 Å². The number of likely N-dealkylation sites (tertiary alicyclic amines) is 1. The summed E-state index contributed by atoms with van der Waals surface area (Å²) in [5.74, 6) is -0.285. The van der Waals surface area contributed by atoms with Crippen LogP contribution in [-0.2, 0) is 27.1 Å². The summed E-state index contributed by atoms with van der Waals surface area (Å²) in [5, 5.41) is 0. The molecule has 1 aliphatic heterocycles. The zero-order chi connectivity index (χ0) is 16.0. The van der Waals surface area contributed by atoms with E-state index in [0.717, 1.165) is 25.7 Å². The van der Waals surface area contributed by atoms with E-state index in [4.69, 9.17) is 9.47 Å². The second-order valence-electron chi connectivity index (χ2n) is 5.87. The van der Waals surface area contributed by atoms with Gasteiger partial charge in [-0.25, -0.2) is 0 Å². The third-order valence-corrected chi connectivity index (χ3v) is 4.68. The van der Waals surface area contributed by atoms with Crippen LogP contribution in [0.2, 0.25) is 0 Å². The first kappa shape index (κ1) is 17.0. The van der Waals surface area contributed by atoms with Crippen molar-refractivity contribution in [3.05, 3.63) is 35.4 Å². The van der Waals surface area contributed by atoms with Crippen molar-refractivity contribution in [2.75, 3.05) is 27.3 Å². The van der Waals surface area contributed by atoms with Gasteiger partial charge in [-0.3, -0.25) is 4.79 Å². The molecule has 4 nitrogen and oxygen atoms in total. The molecule has 0 saturated carbocycles. The fourth-order valence-electron chi connectivity index (χ4n) is 2.94. The van der Waals surface area contributed by atoms with E-state index in [1.54, 1.807) is 14.2 Å². The highest BCUT2D eigenvalue weighted by Gasteiger charge is 2.35. The average Bonchev–Trinajstić information content (AvgIpc) is 2.60. The summed E-state index contributed by atoms with van der Waals surface area (Å²) < 4.78 is 10.9. The van der Waals surface area contributed by atoms with Crippen molar-refractivity contribution in [3.63, 3.8) is 0 Å². The second-order valence-corrected chi connectivity index (χ2v) is 5.87. The molecule has 0 spiro atoms. The van der Waals surface area contributed by atoms with Crippen LogP contribution in [0.3, 0.4) is 0 Å². The lowest BCUT2D eigenvalue weighted by atomic mass is 10.0. The van der Waals surface area contributed by atoms with E-state index >= 15 is 0 Å². The van der Waals surface area contributed by atoms with Crippen LogP contribution in [0.25, 0.3) is 0 Å². The molecule has 0 N–H and O–H groups in total. The van der Waals surface area contributed by atoms with Crippen molar-refractivity contribution in [1.29, 1.82) is 0 Å². The highest BCUT2D eigenvalue weighted by molar-refractivity contribution is 5.76. The molecule has 0 bridgehead atoms. The number of nitrogens with zero attached hydrogens (tertiary/aromatic N) is 1. The Morgan fingerprint density at radius 3 is 2.14 bits per heavy atom. The van der Waals surface area contributed by atoms with Gasteiger partial charge in [0.05, 0.1) is 0 Å². The van der Waals surface area contributed by atoms with Gasteiger partial charge >= 0.3 is 0 Å². The monoisotopic (exact) mass is 305 g/mol. The fourth-order valence-corrected chi connectivity index (χ4v) is 2.94. The lowest BCUT2D eigenvalue weighted by molar-refractivity contribution is -0.228. The van der Waals surface area contributed by atoms with Crippen LogP contribution in [0.15, 0.2) is 24.3 Å². The molecule has 22 heavy (non-hydrogen) atoms. The Morgan fingerprint density at radius 1 is 1.09 bits per heavy atom. The number of amides is 1. The highest BCUT2D eigenvalue weighted by Crippen LogP contribution is 2.26. The molecule has 0 unspecified atom stereocenters. The summed E-state index contributed by atoms with van der Waals surface area (Å²) in [4.78, 5) is 14.3. The topological polar surface area (TPSA) is 38.8 Å². The number of carbonyl (C=O) groups is 1. The van der Waals surface area contributed by atoms with E-state index in [1.807, 2.05) is 4.90 Å². The first-order valence-electron chi connectivity index (χ1n) is 8.08. The van der Waals surface area contributed by atoms with Gasteiger partial charge in [-0.2, -0.15) is 0 Å². The van der Waals surface area contributed by atoms with Gasteiger partial charge < -0.3 is 14.4 Å². The summed E-state index contributed by atoms with van der Waals surface area (Å²) in [6.07, 6.45) is 3.89. The summed E-state index contributed by atoms with van der Waals surface area (Å²) in [6.45, 7) is 3.56. The normalized spacial score (nSPS) is 17.5. The number of aryl methyl sites for hydroxylation is 2. The molecule has 1 aromatic carbocycles. The van der Waals surface area contributed by atoms with Crippen LogP contribution >= 0.6 is 0 Å². The number of piperidine rings is 1. The standard InChI is InChI=1S/C18H27NO3/c1-4-15-5-7-16(8-6-15)9-10-17(20)19-13-11-18(21-2,22-3)12-14-19/h5-8H,4,9-14H2,1-3H3. The van der Waals surface area contributed by atoms with Gasteiger partial charge in [-0.1, -0.05) is 31.2 Å². The Labute approximate surface area is 133 Å². The molecule has 4 heteroatoms. The molecule has 1 fully saturated rings. The predicted molar refractivity (Wildman–Crippen MR) is 86.7 cm³/mol. The van der Waals surface area contributed by atoms with E-state index in [1.165, 1.54) is 11.1 Å². The lowest BCUT2D eigenvalue weighted by Gasteiger charge is -2.39. The summed E-state index contributed by atoms with van der Waals surface area (Å²) in [5.41, 5.74) is 2.56. The van der Waals surface area contributed by atoms with Crippen molar-refractivity contribution in [2.45, 2.75) is 44.8 Å². The van der Waals surface area contributed by atoms with E-state index < -0.39 is 5.79 Å². The van der Waals surface area contributed by atoms with E-state index in [9.17, 15) is 4.79 Å². The minimum atomic E-state index is -0.507. The van der Waals surface area contributed by atoms with Crippen molar-refractivity contribution < 1.29 is 14.3 Å². The van der Waals surface area contributed by atoms with E-state index in [0.29, 0.717) is 19.5 Å². The Balaban J connectivity index is 1.80. The number of benzene rings is 1. The number of hydrogen-bond donors (Lipinski definition) is 0. The molecule has 0 atom stereocenters. The van der Waals surface area contributed by atoms with Crippen molar-refractivity contribution in [2.24, 2.45) is 0 Å². The average molecular weight is 305 g/mol. The zero-order valence-electron chi connectivity index (χ0n) is 13.9. The molecule has 0 aromatic heterocycles. The third-order valence-electron chi connectivity index (χ3n) is 4.68. The molecular weight excluding hydrogens is 278 g/mol. The fraction of sp³-hybridized carbons (Fsp3) is 0.611. The number of methoxy groups -OCH3 is 2. The van der Waals surface area contributed by atoms with E-state index in [-0.39, 0.29) is 5.91 Å². The highest BCUT2D eigenvalue weighted by atomic mass is 16.7. The number of rotatable bonds is 6. The molecule has 1 heterocycles. The van der Waals surface area contributed by atoms with Gasteiger partial charge in [-0.15, -0.1) is 0 Å². The lowest BCUT2D eigenvalue weighted by Crippen LogP contribution is -2.48. The van der Waals surface area contributed by atoms with Gasteiger partial charge in [0.1, 0.15) is 0 Å². The first-order chi connectivity index (χ1) is 10.6. The number of hydrogen-bond acceptors (Lipinski definition) is 3. The predicted octanol–water partition coefficient (Wildman–Crippen LogP) is 2.79. The van der Waals surface area contributed by atoms with Crippen LogP contribution in [-0.4, -0.2) is 43.9 Å². The molecule has 122 valence electrons. The van der Waals surface area contributed by atoms with Gasteiger partial charge in [0.25, 0.3) is 0 Å². The maximum Gasteiger partial charge on any atom is 0.222 e. The molecular formula is C18H27NO3. The number of ether oxygens (including phenoxy) is 2. The maximum atomic E-state index is 12.3. The molecule has 0 radical (unpaired) electrons. The zero-order valence-corrected chi connectivity index (χ0v) is 13.9. The largest absolute Gasteiger partial charge is 0.353 e. The minimum absolute atomic E-state index is 0.223. The Hall–Kier alpha value is -1.39. The van der Waals surface area contributed by atoms with Crippen LogP contribution in [0.1, 0.15) is 37.3 Å². The molecule has 2 rings (SSSR count). The first-order valence-corrected chi connectivity index (χ1v) is 8.08. The van der Waals surface area contributed by atoms with Gasteiger partial charge in [0, 0.05) is 46.6 Å². The Bertz CT molecular complexity index is 470. The van der Waals surface area contributed by atoms with Crippen LogP contribution in [0, 0.1) is 0 Å². The summed E-state index contributed by atoms with van der Waals surface area (Å²) in [7, 11) is 3.34. The van der Waals surface area contributed by atoms with E-state index in [2.05, 4.69) is 31.2 Å². The Kier molecular flexibility index (Phi) is 5.98. The Morgan fingerprint density at radius 2 is 1.64 bits per heavy atom. The summed E-state index contributed by atoms with van der Waals surface area (Å²) in [6, 6.07) is 8.55. The third kappa shape index (κ3) is 4.08. The molecule has 1 aromatic rings. The molecule has 0 aliphatic carbocycles. The summed E-state index contributed by atoms with van der Waals surface area (Å²) >= 11 is 0. The van der Waals surface area contributed by atoms with Gasteiger partial charge in [-0.05, 0) is 24.0 Å². The van der Waals surface area contributed by atoms with Crippen molar-refractivity contribution in [3.8, 4) is 0 Å². The van der Waals surface area contributed by atoms with Crippen LogP contribution in [0.5, 0.6) is 0 Å². The molecule has 1 aliphatic rings. The quantitative estimate of drug-likeness (QED) is 0.759. The smallest absolute Gasteiger partial charge is 0.222 e. The molecule has 1 amide bonds. The molecule has 1 saturated heterocycles. The minimum Gasteiger partial charge on any atom is -0.353 e. The number of carbonyl (C=O) groups excluding carboxylic acids is 1.